The topological polar surface area (TPSA) is 68.5 Å². The fraction of sp³-hybridized carbons (Fsp3) is 0.538. The van der Waals surface area contributed by atoms with Crippen molar-refractivity contribution in [2.75, 3.05) is 31.3 Å². The molecule has 1 aromatic heterocycles. The summed E-state index contributed by atoms with van der Waals surface area (Å²) in [5, 5.41) is 0. The molecule has 0 atom stereocenters. The summed E-state index contributed by atoms with van der Waals surface area (Å²) in [5.74, 6) is 0.675. The first-order valence-electron chi connectivity index (χ1n) is 6.16. The van der Waals surface area contributed by atoms with Gasteiger partial charge in [-0.15, -0.1) is 0 Å². The number of nitrogen functional groups attached to an aromatic ring is 1. The van der Waals surface area contributed by atoms with Gasteiger partial charge in [0.1, 0.15) is 5.82 Å². The first kappa shape index (κ1) is 12.7. The van der Waals surface area contributed by atoms with Crippen molar-refractivity contribution in [1.82, 2.24) is 4.98 Å². The summed E-state index contributed by atoms with van der Waals surface area (Å²) in [7, 11) is 3.34. The van der Waals surface area contributed by atoms with Crippen LogP contribution in [0.2, 0.25) is 0 Å². The van der Waals surface area contributed by atoms with Crippen molar-refractivity contribution >= 4 is 17.5 Å². The zero-order valence-corrected chi connectivity index (χ0v) is 10.8. The lowest BCUT2D eigenvalue weighted by atomic mass is 9.85. The van der Waals surface area contributed by atoms with Gasteiger partial charge in [0.25, 0.3) is 0 Å². The van der Waals surface area contributed by atoms with Crippen molar-refractivity contribution in [3.05, 3.63) is 17.8 Å². The van der Waals surface area contributed by atoms with Crippen molar-refractivity contribution in [2.24, 2.45) is 5.92 Å². The Morgan fingerprint density at radius 3 is 2.89 bits per heavy atom. The summed E-state index contributed by atoms with van der Waals surface area (Å²) in [4.78, 5) is 17.8. The van der Waals surface area contributed by atoms with Crippen LogP contribution in [0, 0.1) is 5.92 Å². The molecule has 1 fully saturated rings. The van der Waals surface area contributed by atoms with Crippen LogP contribution in [0.4, 0.5) is 11.5 Å². The van der Waals surface area contributed by atoms with Crippen molar-refractivity contribution in [2.45, 2.75) is 19.3 Å². The highest BCUT2D eigenvalue weighted by atomic mass is 16.5. The Balaban J connectivity index is 2.21. The maximum absolute atomic E-state index is 11.7. The van der Waals surface area contributed by atoms with Gasteiger partial charge in [0.15, 0.2) is 0 Å². The minimum Gasteiger partial charge on any atom is -0.465 e. The average molecular weight is 249 g/mol. The van der Waals surface area contributed by atoms with Crippen LogP contribution in [0.1, 0.15) is 29.6 Å². The molecule has 1 saturated carbocycles. The Bertz CT molecular complexity index is 444. The normalized spacial score (nSPS) is 15.0. The van der Waals surface area contributed by atoms with E-state index >= 15 is 0 Å². The molecule has 0 amide bonds. The maximum atomic E-state index is 11.7. The molecule has 1 aliphatic carbocycles. The van der Waals surface area contributed by atoms with E-state index in [-0.39, 0.29) is 5.97 Å². The zero-order chi connectivity index (χ0) is 13.1. The first-order chi connectivity index (χ1) is 8.61. The van der Waals surface area contributed by atoms with Gasteiger partial charge >= 0.3 is 5.97 Å². The number of nitrogens with two attached hydrogens (primary N) is 1. The highest BCUT2D eigenvalue weighted by Crippen LogP contribution is 2.29. The van der Waals surface area contributed by atoms with Crippen molar-refractivity contribution in [1.29, 1.82) is 0 Å². The predicted octanol–water partition coefficient (Wildman–Crippen LogP) is 1.69. The lowest BCUT2D eigenvalue weighted by molar-refractivity contribution is 0.0601. The second kappa shape index (κ2) is 5.25. The van der Waals surface area contributed by atoms with Gasteiger partial charge in [-0.3, -0.25) is 0 Å². The molecule has 0 bridgehead atoms. The highest BCUT2D eigenvalue weighted by Gasteiger charge is 2.22. The lowest BCUT2D eigenvalue weighted by Gasteiger charge is -2.31. The van der Waals surface area contributed by atoms with Crippen molar-refractivity contribution in [3.8, 4) is 0 Å². The van der Waals surface area contributed by atoms with Crippen LogP contribution < -0.4 is 10.6 Å². The molecule has 0 spiro atoms. The summed E-state index contributed by atoms with van der Waals surface area (Å²) in [6.45, 7) is 0.940. The number of aromatic nitrogens is 1. The van der Waals surface area contributed by atoms with Gasteiger partial charge in [0.2, 0.25) is 0 Å². The molecule has 1 aliphatic rings. The van der Waals surface area contributed by atoms with Crippen LogP contribution in [0.15, 0.2) is 12.3 Å². The lowest BCUT2D eigenvalue weighted by Crippen LogP contribution is -2.30. The number of carbonyl (C=O) groups excluding carboxylic acids is 1. The number of ether oxygens (including phenoxy) is 1. The van der Waals surface area contributed by atoms with Crippen LogP contribution in [-0.4, -0.2) is 31.7 Å². The summed E-state index contributed by atoms with van der Waals surface area (Å²) < 4.78 is 4.78. The maximum Gasteiger partial charge on any atom is 0.340 e. The second-order valence-electron chi connectivity index (χ2n) is 4.80. The molecule has 0 aromatic carbocycles. The molecule has 1 heterocycles. The molecule has 5 nitrogen and oxygen atoms in total. The molecule has 5 heteroatoms. The predicted molar refractivity (Wildman–Crippen MR) is 70.6 cm³/mol. The third-order valence-electron chi connectivity index (χ3n) is 3.48. The number of hydrogen-bond acceptors (Lipinski definition) is 5. The minimum atomic E-state index is -0.375. The summed E-state index contributed by atoms with van der Waals surface area (Å²) in [6, 6.07) is 1.57. The highest BCUT2D eigenvalue weighted by molar-refractivity contribution is 5.96. The molecule has 18 heavy (non-hydrogen) atoms. The third kappa shape index (κ3) is 2.55. The van der Waals surface area contributed by atoms with E-state index in [0.29, 0.717) is 11.4 Å². The largest absolute Gasteiger partial charge is 0.465 e. The van der Waals surface area contributed by atoms with Gasteiger partial charge in [-0.25, -0.2) is 9.78 Å². The van der Waals surface area contributed by atoms with Crippen LogP contribution in [0.5, 0.6) is 0 Å². The fourth-order valence-electron chi connectivity index (χ4n) is 2.20. The third-order valence-corrected chi connectivity index (χ3v) is 3.48. The minimum absolute atomic E-state index is 0.330. The van der Waals surface area contributed by atoms with Gasteiger partial charge in [-0.2, -0.15) is 0 Å². The number of pyridine rings is 1. The van der Waals surface area contributed by atoms with Crippen LogP contribution in [-0.2, 0) is 4.74 Å². The number of methoxy groups -OCH3 is 1. The molecule has 1 aromatic rings. The van der Waals surface area contributed by atoms with Gasteiger partial charge in [-0.1, -0.05) is 6.42 Å². The zero-order valence-electron chi connectivity index (χ0n) is 10.8. The Morgan fingerprint density at radius 1 is 1.61 bits per heavy atom. The SMILES string of the molecule is COC(=O)c1cc(N)ncc1N(C)CC1CCC1. The van der Waals surface area contributed by atoms with E-state index in [1.54, 1.807) is 12.3 Å². The number of nitrogens with zero attached hydrogens (tertiary/aromatic N) is 2. The van der Waals surface area contributed by atoms with Gasteiger partial charge in [0.05, 0.1) is 24.6 Å². The molecule has 0 unspecified atom stereocenters. The number of hydrogen-bond donors (Lipinski definition) is 1. The number of rotatable bonds is 4. The molecular weight excluding hydrogens is 230 g/mol. The van der Waals surface area contributed by atoms with E-state index in [1.807, 2.05) is 7.05 Å². The summed E-state index contributed by atoms with van der Waals surface area (Å²) >= 11 is 0. The smallest absolute Gasteiger partial charge is 0.340 e. The molecule has 0 aliphatic heterocycles. The Labute approximate surface area is 107 Å². The first-order valence-corrected chi connectivity index (χ1v) is 6.16. The molecule has 0 saturated heterocycles. The molecule has 2 N–H and O–H groups in total. The van der Waals surface area contributed by atoms with E-state index in [1.165, 1.54) is 26.4 Å². The van der Waals surface area contributed by atoms with E-state index in [9.17, 15) is 4.79 Å². The Kier molecular flexibility index (Phi) is 3.69. The number of carbonyl (C=O) groups is 1. The quantitative estimate of drug-likeness (QED) is 0.822. The molecule has 2 rings (SSSR count). The average Bonchev–Trinajstić information content (AvgIpc) is 2.32. The Hall–Kier alpha value is -1.78. The van der Waals surface area contributed by atoms with Crippen LogP contribution in [0.25, 0.3) is 0 Å². The van der Waals surface area contributed by atoms with Crippen LogP contribution >= 0.6 is 0 Å². The van der Waals surface area contributed by atoms with E-state index in [4.69, 9.17) is 10.5 Å². The standard InChI is InChI=1S/C13H19N3O2/c1-16(8-9-4-3-5-9)11-7-15-12(14)6-10(11)13(17)18-2/h6-7,9H,3-5,8H2,1-2H3,(H2,14,15). The van der Waals surface area contributed by atoms with Crippen LogP contribution in [0.3, 0.4) is 0 Å². The number of anilines is 2. The monoisotopic (exact) mass is 249 g/mol. The molecular formula is C13H19N3O2. The van der Waals surface area contributed by atoms with E-state index < -0.39 is 0 Å². The van der Waals surface area contributed by atoms with Gasteiger partial charge in [-0.05, 0) is 24.8 Å². The number of esters is 1. The van der Waals surface area contributed by atoms with E-state index in [2.05, 4.69) is 9.88 Å². The summed E-state index contributed by atoms with van der Waals surface area (Å²) in [5.41, 5.74) is 6.88. The molecule has 98 valence electrons. The second-order valence-corrected chi connectivity index (χ2v) is 4.80. The summed E-state index contributed by atoms with van der Waals surface area (Å²) in [6.07, 6.45) is 5.48. The Morgan fingerprint density at radius 2 is 2.33 bits per heavy atom. The van der Waals surface area contributed by atoms with E-state index in [0.717, 1.165) is 18.2 Å². The van der Waals surface area contributed by atoms with Crippen molar-refractivity contribution < 1.29 is 9.53 Å². The molecule has 0 radical (unpaired) electrons. The fourth-order valence-corrected chi connectivity index (χ4v) is 2.20. The van der Waals surface area contributed by atoms with Gasteiger partial charge < -0.3 is 15.4 Å². The van der Waals surface area contributed by atoms with Crippen molar-refractivity contribution in [3.63, 3.8) is 0 Å². The van der Waals surface area contributed by atoms with Gasteiger partial charge in [0, 0.05) is 13.6 Å².